The summed E-state index contributed by atoms with van der Waals surface area (Å²) in [6, 6.07) is 22.9. The number of fused-ring (bicyclic) bond motifs is 4. The van der Waals surface area contributed by atoms with Crippen LogP contribution in [-0.4, -0.2) is 109 Å². The zero-order chi connectivity index (χ0) is 35.6. The van der Waals surface area contributed by atoms with E-state index in [9.17, 15) is 9.59 Å². The molecule has 6 rings (SSSR count). The van der Waals surface area contributed by atoms with E-state index in [1.54, 1.807) is 0 Å². The van der Waals surface area contributed by atoms with E-state index in [0.29, 0.717) is 71.9 Å². The number of benzene rings is 2. The summed E-state index contributed by atoms with van der Waals surface area (Å²) in [5, 5.41) is 1.09. The molecule has 0 radical (unpaired) electrons. The van der Waals surface area contributed by atoms with Gasteiger partial charge in [0.25, 0.3) is 0 Å². The first-order valence-electron chi connectivity index (χ1n) is 18.6. The van der Waals surface area contributed by atoms with Crippen LogP contribution in [0.5, 0.6) is 0 Å². The molecule has 0 unspecified atom stereocenters. The van der Waals surface area contributed by atoms with Crippen molar-refractivity contribution in [2.45, 2.75) is 64.6 Å². The number of carbonyl (C=O) groups excluding carboxylic acids is 2. The van der Waals surface area contributed by atoms with Gasteiger partial charge in [-0.3, -0.25) is 4.79 Å². The third-order valence-electron chi connectivity index (χ3n) is 10.3. The molecule has 2 amide bonds. The van der Waals surface area contributed by atoms with Gasteiger partial charge < -0.3 is 33.5 Å². The molecule has 10 heteroatoms. The van der Waals surface area contributed by atoms with Gasteiger partial charge >= 0.3 is 6.09 Å². The normalized spacial score (nSPS) is 14.6. The maximum Gasteiger partial charge on any atom is 0.410 e. The van der Waals surface area contributed by atoms with Crippen LogP contribution in [0.1, 0.15) is 62.3 Å². The Balaban J connectivity index is 1.07. The van der Waals surface area contributed by atoms with E-state index in [1.165, 1.54) is 22.3 Å². The number of pyridine rings is 1. The third-order valence-corrected chi connectivity index (χ3v) is 10.3. The fourth-order valence-electron chi connectivity index (χ4n) is 7.43. The Labute approximate surface area is 302 Å². The molecule has 10 nitrogen and oxygen atoms in total. The van der Waals surface area contributed by atoms with Gasteiger partial charge in [-0.25, -0.2) is 9.78 Å². The summed E-state index contributed by atoms with van der Waals surface area (Å²) in [4.78, 5) is 38.1. The first-order chi connectivity index (χ1) is 25.0. The highest BCUT2D eigenvalue weighted by atomic mass is 16.6. The Morgan fingerprint density at radius 1 is 0.882 bits per heavy atom. The standard InChI is InChI=1S/C41H53N5O5/c1-4-24-49-26-27-50-25-23-46(41(48)51-30-38-36-14-8-6-12-34(36)35-13-7-9-15-37(35)38)32-16-20-44(21-17-32)39(47)18-22-45-33(29-43(3)5-2)28-31-11-10-19-42-40(31)45/h6-15,19,28,32,38H,4-5,16-18,20-27,29-30H2,1-3H3. The van der Waals surface area contributed by atoms with Crippen LogP contribution in [0.3, 0.4) is 0 Å². The number of nitrogens with zero attached hydrogens (tertiary/aromatic N) is 5. The van der Waals surface area contributed by atoms with E-state index in [0.717, 1.165) is 36.2 Å². The molecule has 0 N–H and O–H groups in total. The molecule has 4 aromatic rings. The van der Waals surface area contributed by atoms with Gasteiger partial charge in [0.05, 0.1) is 19.8 Å². The first kappa shape index (κ1) is 36.5. The molecule has 0 atom stereocenters. The highest BCUT2D eigenvalue weighted by molar-refractivity contribution is 5.80. The molecule has 0 spiro atoms. The Morgan fingerprint density at radius 2 is 1.57 bits per heavy atom. The quantitative estimate of drug-likeness (QED) is 0.116. The maximum absolute atomic E-state index is 13.8. The fourth-order valence-corrected chi connectivity index (χ4v) is 7.43. The summed E-state index contributed by atoms with van der Waals surface area (Å²) in [7, 11) is 2.10. The molecular formula is C41H53N5O5. The molecule has 1 fully saturated rings. The highest BCUT2D eigenvalue weighted by Gasteiger charge is 2.33. The summed E-state index contributed by atoms with van der Waals surface area (Å²) in [6.45, 7) is 10.5. The molecule has 2 aliphatic rings. The maximum atomic E-state index is 13.8. The van der Waals surface area contributed by atoms with Crippen LogP contribution < -0.4 is 0 Å². The van der Waals surface area contributed by atoms with Crippen molar-refractivity contribution in [3.63, 3.8) is 0 Å². The van der Waals surface area contributed by atoms with Crippen LogP contribution in [-0.2, 0) is 32.1 Å². The van der Waals surface area contributed by atoms with Crippen LogP contribution in [0.4, 0.5) is 4.79 Å². The number of ether oxygens (including phenoxy) is 3. The van der Waals surface area contributed by atoms with Gasteiger partial charge in [-0.05, 0) is 73.3 Å². The summed E-state index contributed by atoms with van der Waals surface area (Å²) in [5.41, 5.74) is 6.86. The van der Waals surface area contributed by atoms with Gasteiger partial charge in [-0.15, -0.1) is 0 Å². The molecule has 2 aromatic carbocycles. The molecule has 3 heterocycles. The average Bonchev–Trinajstić information content (AvgIpc) is 3.68. The lowest BCUT2D eigenvalue weighted by Crippen LogP contribution is -2.50. The van der Waals surface area contributed by atoms with Crippen molar-refractivity contribution >= 4 is 23.0 Å². The van der Waals surface area contributed by atoms with E-state index >= 15 is 0 Å². The van der Waals surface area contributed by atoms with Crippen molar-refractivity contribution in [1.29, 1.82) is 0 Å². The Morgan fingerprint density at radius 3 is 2.25 bits per heavy atom. The van der Waals surface area contributed by atoms with E-state index in [-0.39, 0.29) is 30.6 Å². The molecular weight excluding hydrogens is 642 g/mol. The van der Waals surface area contributed by atoms with E-state index in [2.05, 4.69) is 83.9 Å². The molecule has 272 valence electrons. The molecule has 0 bridgehead atoms. The van der Waals surface area contributed by atoms with Crippen LogP contribution in [0.15, 0.2) is 72.9 Å². The van der Waals surface area contributed by atoms with Gasteiger partial charge in [-0.2, -0.15) is 0 Å². The Kier molecular flexibility index (Phi) is 12.7. The third kappa shape index (κ3) is 8.80. The zero-order valence-corrected chi connectivity index (χ0v) is 30.5. The number of aryl methyl sites for hydroxylation is 1. The second kappa shape index (κ2) is 17.8. The van der Waals surface area contributed by atoms with E-state index in [1.807, 2.05) is 34.2 Å². The molecule has 1 saturated heterocycles. The molecule has 2 aromatic heterocycles. The number of piperidine rings is 1. The predicted molar refractivity (Wildman–Crippen MR) is 200 cm³/mol. The summed E-state index contributed by atoms with van der Waals surface area (Å²) in [6.07, 6.45) is 4.23. The minimum Gasteiger partial charge on any atom is -0.448 e. The van der Waals surface area contributed by atoms with Crippen molar-refractivity contribution < 1.29 is 23.8 Å². The smallest absolute Gasteiger partial charge is 0.410 e. The number of hydrogen-bond donors (Lipinski definition) is 0. The molecule has 1 aliphatic carbocycles. The van der Waals surface area contributed by atoms with Crippen LogP contribution in [0.2, 0.25) is 0 Å². The van der Waals surface area contributed by atoms with Gasteiger partial charge in [-0.1, -0.05) is 62.4 Å². The number of amides is 2. The van der Waals surface area contributed by atoms with Gasteiger partial charge in [0, 0.05) is 75.0 Å². The van der Waals surface area contributed by atoms with E-state index in [4.69, 9.17) is 14.2 Å². The SMILES string of the molecule is CCCOCCOCCN(C(=O)OCC1c2ccccc2-c2ccccc21)C1CCN(C(=O)CCn2c(CN(C)CC)cc3cccnc32)CC1. The Bertz CT molecular complexity index is 1700. The van der Waals surface area contributed by atoms with Gasteiger partial charge in [0.15, 0.2) is 0 Å². The largest absolute Gasteiger partial charge is 0.448 e. The van der Waals surface area contributed by atoms with Crippen molar-refractivity contribution in [2.75, 3.05) is 66.3 Å². The van der Waals surface area contributed by atoms with Crippen molar-refractivity contribution in [3.8, 4) is 11.1 Å². The number of carbonyl (C=O) groups is 2. The van der Waals surface area contributed by atoms with Gasteiger partial charge in [0.1, 0.15) is 12.3 Å². The summed E-state index contributed by atoms with van der Waals surface area (Å²) < 4.78 is 19.7. The minimum atomic E-state index is -0.330. The summed E-state index contributed by atoms with van der Waals surface area (Å²) in [5.74, 6) is 0.120. The lowest BCUT2D eigenvalue weighted by Gasteiger charge is -2.38. The Hall–Kier alpha value is -4.25. The van der Waals surface area contributed by atoms with Crippen molar-refractivity contribution in [2.24, 2.45) is 0 Å². The monoisotopic (exact) mass is 695 g/mol. The number of hydrogen-bond acceptors (Lipinski definition) is 7. The van der Waals surface area contributed by atoms with Crippen molar-refractivity contribution in [1.82, 2.24) is 24.3 Å². The minimum absolute atomic E-state index is 0.00913. The zero-order valence-electron chi connectivity index (χ0n) is 30.5. The highest BCUT2D eigenvalue weighted by Crippen LogP contribution is 2.44. The second-order valence-electron chi connectivity index (χ2n) is 13.6. The predicted octanol–water partition coefficient (Wildman–Crippen LogP) is 6.56. The lowest BCUT2D eigenvalue weighted by atomic mass is 9.98. The van der Waals surface area contributed by atoms with Crippen molar-refractivity contribution in [3.05, 3.63) is 89.7 Å². The summed E-state index contributed by atoms with van der Waals surface area (Å²) >= 11 is 0. The van der Waals surface area contributed by atoms with E-state index < -0.39 is 0 Å². The first-order valence-corrected chi connectivity index (χ1v) is 18.6. The average molecular weight is 696 g/mol. The fraction of sp³-hybridized carbons (Fsp3) is 0.488. The number of likely N-dealkylation sites (tertiary alicyclic amines) is 1. The lowest BCUT2D eigenvalue weighted by molar-refractivity contribution is -0.132. The van der Waals surface area contributed by atoms with Crippen LogP contribution >= 0.6 is 0 Å². The topological polar surface area (TPSA) is 89.4 Å². The second-order valence-corrected chi connectivity index (χ2v) is 13.6. The number of rotatable bonds is 17. The van der Waals surface area contributed by atoms with Gasteiger partial charge in [0.2, 0.25) is 5.91 Å². The van der Waals surface area contributed by atoms with Crippen LogP contribution in [0.25, 0.3) is 22.2 Å². The molecule has 51 heavy (non-hydrogen) atoms. The number of aromatic nitrogens is 2. The van der Waals surface area contributed by atoms with Crippen LogP contribution in [0, 0.1) is 0 Å². The molecule has 0 saturated carbocycles. The molecule has 1 aliphatic heterocycles.